The van der Waals surface area contributed by atoms with Crippen molar-refractivity contribution >= 4 is 21.8 Å². The molecule has 0 aliphatic heterocycles. The lowest BCUT2D eigenvalue weighted by Crippen LogP contribution is -2.05. The average molecular weight is 635 g/mol. The van der Waals surface area contributed by atoms with Crippen LogP contribution in [0, 0.1) is 0 Å². The topological polar surface area (TPSA) is 43.6 Å². The van der Waals surface area contributed by atoms with Crippen molar-refractivity contribution in [2.75, 3.05) is 0 Å². The van der Waals surface area contributed by atoms with Crippen LogP contribution in [0.15, 0.2) is 182 Å². The molecular weight excluding hydrogens is 597 g/mol. The number of nitrogens with zero attached hydrogens (tertiary/aromatic N) is 4. The molecule has 2 aromatic heterocycles. The Kier molecular flexibility index (Phi) is 5.29. The van der Waals surface area contributed by atoms with E-state index in [2.05, 4.69) is 0 Å². The van der Waals surface area contributed by atoms with Crippen LogP contribution in [0.3, 0.4) is 0 Å². The second-order valence-corrected chi connectivity index (χ2v) is 11.4. The van der Waals surface area contributed by atoms with Crippen molar-refractivity contribution in [2.24, 2.45) is 0 Å². The molecule has 49 heavy (non-hydrogen) atoms. The summed E-state index contributed by atoms with van der Waals surface area (Å²) in [5.41, 5.74) is 5.62. The summed E-state index contributed by atoms with van der Waals surface area (Å²) in [6.45, 7) is 0. The smallest absolute Gasteiger partial charge is 0.166 e. The average Bonchev–Trinajstić information content (AvgIpc) is 3.63. The molecule has 0 fully saturated rings. The maximum absolute atomic E-state index is 9.26. The van der Waals surface area contributed by atoms with Crippen molar-refractivity contribution in [3.05, 3.63) is 182 Å². The van der Waals surface area contributed by atoms with E-state index in [1.807, 2.05) is 127 Å². The van der Waals surface area contributed by atoms with Gasteiger partial charge in [0.05, 0.1) is 33.3 Å². The summed E-state index contributed by atoms with van der Waals surface area (Å²) in [6.07, 6.45) is 0. The first-order chi connectivity index (χ1) is 27.7. The van der Waals surface area contributed by atoms with Crippen molar-refractivity contribution in [2.45, 2.75) is 0 Å². The molecule has 4 nitrogen and oxygen atoms in total. The Labute approximate surface area is 295 Å². The molecule has 0 atom stereocenters. The Balaban J connectivity index is 1.50. The second-order valence-electron chi connectivity index (χ2n) is 11.4. The van der Waals surface area contributed by atoms with Gasteiger partial charge in [0.2, 0.25) is 0 Å². The number of rotatable bonds is 6. The van der Waals surface area contributed by atoms with Gasteiger partial charge in [0, 0.05) is 21.9 Å². The molecule has 0 bridgehead atoms. The first-order valence-electron chi connectivity index (χ1n) is 19.8. The quantitative estimate of drug-likeness (QED) is 0.183. The lowest BCUT2D eigenvalue weighted by molar-refractivity contribution is 1.06. The van der Waals surface area contributed by atoms with Gasteiger partial charge in [0.15, 0.2) is 17.5 Å². The Bertz CT molecular complexity index is 2910. The first kappa shape index (κ1) is 21.3. The van der Waals surface area contributed by atoms with E-state index in [9.17, 15) is 2.74 Å². The number of hydrogen-bond donors (Lipinski definition) is 0. The lowest BCUT2D eigenvalue weighted by atomic mass is 9.90. The van der Waals surface area contributed by atoms with Crippen molar-refractivity contribution < 1.29 is 11.0 Å². The van der Waals surface area contributed by atoms with Gasteiger partial charge in [0.25, 0.3) is 0 Å². The number of benzene rings is 7. The van der Waals surface area contributed by atoms with Gasteiger partial charge in [-0.3, -0.25) is 0 Å². The summed E-state index contributed by atoms with van der Waals surface area (Å²) >= 11 is 0. The molecule has 0 aliphatic carbocycles. The van der Waals surface area contributed by atoms with Crippen molar-refractivity contribution in [3.8, 4) is 62.1 Å². The molecule has 0 amide bonds. The summed E-state index contributed by atoms with van der Waals surface area (Å²) in [6, 6.07) is 38.7. The van der Waals surface area contributed by atoms with Crippen LogP contribution in [0.2, 0.25) is 0 Å². The van der Waals surface area contributed by atoms with Crippen LogP contribution in [0.25, 0.3) is 83.9 Å². The fourth-order valence-electron chi connectivity index (χ4n) is 6.36. The molecule has 0 radical (unpaired) electrons. The van der Waals surface area contributed by atoms with E-state index in [4.69, 9.17) is 23.2 Å². The van der Waals surface area contributed by atoms with Crippen molar-refractivity contribution in [1.29, 1.82) is 0 Å². The molecule has 2 heterocycles. The molecule has 0 N–H and O–H groups in total. The van der Waals surface area contributed by atoms with Gasteiger partial charge in [-0.15, -0.1) is 0 Å². The van der Waals surface area contributed by atoms with Crippen LogP contribution in [-0.2, 0) is 0 Å². The number of fused-ring (bicyclic) bond motifs is 3. The van der Waals surface area contributed by atoms with Crippen LogP contribution in [0.5, 0.6) is 0 Å². The Hall–Kier alpha value is -6.65. The van der Waals surface area contributed by atoms with Gasteiger partial charge >= 0.3 is 0 Å². The zero-order chi connectivity index (χ0) is 39.5. The normalized spacial score (nSPS) is 13.6. The zero-order valence-corrected chi connectivity index (χ0v) is 26.0. The van der Waals surface area contributed by atoms with Crippen LogP contribution >= 0.6 is 0 Å². The van der Waals surface area contributed by atoms with E-state index < -0.39 is 48.3 Å². The minimum absolute atomic E-state index is 0.00151. The highest BCUT2D eigenvalue weighted by molar-refractivity contribution is 6.10. The SMILES string of the molecule is [2H]c1c([2H])c([2H])c2c(c1[2H])c1c([2H])c([2H])c([2H])c([2H])c1n2-c1cccc(-c2ccccc2-c2ccccc2)c1-c1nc(-c2ccccc2)nc(-c2ccccc2)n1. The molecule has 0 unspecified atom stereocenters. The van der Waals surface area contributed by atoms with Gasteiger partial charge in [-0.05, 0) is 40.4 Å². The van der Waals surface area contributed by atoms with E-state index in [0.29, 0.717) is 28.5 Å². The molecule has 0 spiro atoms. The molecule has 0 aliphatic rings. The van der Waals surface area contributed by atoms with E-state index in [1.165, 1.54) is 4.57 Å². The Morgan fingerprint density at radius 2 is 0.837 bits per heavy atom. The maximum atomic E-state index is 9.26. The molecule has 4 heteroatoms. The Morgan fingerprint density at radius 3 is 1.41 bits per heavy atom. The van der Waals surface area contributed by atoms with Gasteiger partial charge in [-0.2, -0.15) is 0 Å². The fraction of sp³-hybridized carbons (Fsp3) is 0. The molecule has 7 aromatic carbocycles. The zero-order valence-electron chi connectivity index (χ0n) is 34.0. The lowest BCUT2D eigenvalue weighted by Gasteiger charge is -2.20. The van der Waals surface area contributed by atoms with E-state index in [1.54, 1.807) is 6.07 Å². The molecule has 0 saturated heterocycles. The third-order valence-electron chi connectivity index (χ3n) is 8.54. The predicted octanol–water partition coefficient (Wildman–Crippen LogP) is 11.3. The summed E-state index contributed by atoms with van der Waals surface area (Å²) in [5.74, 6) is 1.03. The summed E-state index contributed by atoms with van der Waals surface area (Å²) in [7, 11) is 0. The maximum Gasteiger partial charge on any atom is 0.166 e. The second kappa shape index (κ2) is 12.2. The summed E-state index contributed by atoms with van der Waals surface area (Å²) in [4.78, 5) is 15.2. The van der Waals surface area contributed by atoms with Crippen LogP contribution in [-0.4, -0.2) is 19.5 Å². The Morgan fingerprint density at radius 1 is 0.388 bits per heavy atom. The first-order valence-corrected chi connectivity index (χ1v) is 15.8. The van der Waals surface area contributed by atoms with E-state index in [-0.39, 0.29) is 27.6 Å². The van der Waals surface area contributed by atoms with Gasteiger partial charge < -0.3 is 4.57 Å². The van der Waals surface area contributed by atoms with E-state index >= 15 is 0 Å². The number of para-hydroxylation sites is 2. The van der Waals surface area contributed by atoms with E-state index in [0.717, 1.165) is 27.8 Å². The minimum Gasteiger partial charge on any atom is -0.308 e. The van der Waals surface area contributed by atoms with Gasteiger partial charge in [-0.1, -0.05) is 164 Å². The highest BCUT2D eigenvalue weighted by Gasteiger charge is 2.23. The molecule has 230 valence electrons. The summed E-state index contributed by atoms with van der Waals surface area (Å²) in [5, 5.41) is -0.0377. The fourth-order valence-corrected chi connectivity index (χ4v) is 6.36. The third kappa shape index (κ3) is 5.07. The molecule has 0 saturated carbocycles. The third-order valence-corrected chi connectivity index (χ3v) is 8.54. The van der Waals surface area contributed by atoms with Crippen LogP contribution < -0.4 is 0 Å². The van der Waals surface area contributed by atoms with Gasteiger partial charge in [0.1, 0.15) is 0 Å². The standard InChI is InChI=1S/C45H30N4/c1-4-17-31(18-5-1)34-23-10-11-24-35(34)38-27-16-30-41(49-39-28-14-12-25-36(39)37-26-13-15-29-40(37)49)42(38)45-47-43(32-19-6-2-7-20-32)46-44(48-45)33-21-8-3-9-22-33/h1-30H/i12D,13D,14D,15D,25D,26D,28D,29D. The molecule has 9 aromatic rings. The van der Waals surface area contributed by atoms with Crippen LogP contribution in [0.1, 0.15) is 11.0 Å². The molecule has 9 rings (SSSR count). The number of hydrogen-bond acceptors (Lipinski definition) is 3. The van der Waals surface area contributed by atoms with Crippen molar-refractivity contribution in [3.63, 3.8) is 0 Å². The molecular formula is C45H30N4. The van der Waals surface area contributed by atoms with Crippen molar-refractivity contribution in [1.82, 2.24) is 19.5 Å². The number of aromatic nitrogens is 4. The predicted molar refractivity (Wildman–Crippen MR) is 201 cm³/mol. The summed E-state index contributed by atoms with van der Waals surface area (Å²) < 4.78 is 72.8. The largest absolute Gasteiger partial charge is 0.308 e. The van der Waals surface area contributed by atoms with Crippen LogP contribution in [0.4, 0.5) is 0 Å². The highest BCUT2D eigenvalue weighted by Crippen LogP contribution is 2.43. The minimum atomic E-state index is -0.512. The monoisotopic (exact) mass is 634 g/mol. The van der Waals surface area contributed by atoms with Gasteiger partial charge in [-0.25, -0.2) is 15.0 Å². The highest BCUT2D eigenvalue weighted by atomic mass is 15.1.